The van der Waals surface area contributed by atoms with Gasteiger partial charge in [-0.05, 0) is 52.6 Å². The SMILES string of the molecule is COc1ccc(C(OC[C@H]2O[C@@H](c3cccc4nc(NC(=O)C(C)C)ncc34)C[C@H]2O)(c2ccccc2)c2ccc(OC)cc2)cc1. The summed E-state index contributed by atoms with van der Waals surface area (Å²) in [5.74, 6) is 1.37. The number of anilines is 1. The fourth-order valence-corrected chi connectivity index (χ4v) is 6.03. The van der Waals surface area contributed by atoms with E-state index in [4.69, 9.17) is 18.9 Å². The number of aliphatic hydroxyl groups is 1. The molecule has 47 heavy (non-hydrogen) atoms. The first-order valence-corrected chi connectivity index (χ1v) is 15.7. The van der Waals surface area contributed by atoms with Crippen LogP contribution in [0.4, 0.5) is 5.95 Å². The molecule has 2 N–H and O–H groups in total. The van der Waals surface area contributed by atoms with Crippen molar-refractivity contribution in [3.05, 3.63) is 126 Å². The van der Waals surface area contributed by atoms with Gasteiger partial charge in [-0.15, -0.1) is 0 Å². The zero-order valence-electron chi connectivity index (χ0n) is 26.9. The number of aromatic nitrogens is 2. The Morgan fingerprint density at radius 1 is 0.894 bits per heavy atom. The molecule has 0 spiro atoms. The second kappa shape index (κ2) is 13.9. The maximum atomic E-state index is 12.2. The van der Waals surface area contributed by atoms with Crippen molar-refractivity contribution < 1.29 is 28.8 Å². The zero-order chi connectivity index (χ0) is 33.0. The Morgan fingerprint density at radius 3 is 2.11 bits per heavy atom. The largest absolute Gasteiger partial charge is 0.497 e. The molecule has 242 valence electrons. The van der Waals surface area contributed by atoms with Crippen LogP contribution >= 0.6 is 0 Å². The van der Waals surface area contributed by atoms with E-state index in [2.05, 4.69) is 15.3 Å². The summed E-state index contributed by atoms with van der Waals surface area (Å²) >= 11 is 0. The maximum absolute atomic E-state index is 12.2. The third kappa shape index (κ3) is 6.55. The van der Waals surface area contributed by atoms with E-state index >= 15 is 0 Å². The lowest BCUT2D eigenvalue weighted by atomic mass is 9.80. The number of nitrogens with zero attached hydrogens (tertiary/aromatic N) is 2. The van der Waals surface area contributed by atoms with Crippen molar-refractivity contribution in [1.82, 2.24) is 9.97 Å². The molecule has 4 aromatic carbocycles. The molecule has 2 heterocycles. The molecule has 1 aliphatic heterocycles. The summed E-state index contributed by atoms with van der Waals surface area (Å²) in [6.45, 7) is 3.74. The molecular weight excluding hydrogens is 594 g/mol. The predicted molar refractivity (Wildman–Crippen MR) is 180 cm³/mol. The van der Waals surface area contributed by atoms with Gasteiger partial charge in [0.2, 0.25) is 11.9 Å². The lowest BCUT2D eigenvalue weighted by Gasteiger charge is -2.37. The van der Waals surface area contributed by atoms with Crippen molar-refractivity contribution in [1.29, 1.82) is 0 Å². The van der Waals surface area contributed by atoms with E-state index in [1.165, 1.54) is 0 Å². The van der Waals surface area contributed by atoms with Crippen LogP contribution in [0.1, 0.15) is 48.6 Å². The second-order valence-corrected chi connectivity index (χ2v) is 11.9. The van der Waals surface area contributed by atoms with Gasteiger partial charge >= 0.3 is 0 Å². The maximum Gasteiger partial charge on any atom is 0.229 e. The van der Waals surface area contributed by atoms with Crippen molar-refractivity contribution in [3.63, 3.8) is 0 Å². The molecule has 0 aliphatic carbocycles. The fourth-order valence-electron chi connectivity index (χ4n) is 6.03. The van der Waals surface area contributed by atoms with E-state index < -0.39 is 23.9 Å². The predicted octanol–water partition coefficient (Wildman–Crippen LogP) is 6.44. The van der Waals surface area contributed by atoms with Gasteiger partial charge in [0.05, 0.1) is 38.6 Å². The summed E-state index contributed by atoms with van der Waals surface area (Å²) in [5.41, 5.74) is 3.22. The normalized spacial score (nSPS) is 18.0. The number of rotatable bonds is 11. The van der Waals surface area contributed by atoms with Gasteiger partial charge in [-0.3, -0.25) is 10.1 Å². The van der Waals surface area contributed by atoms with Crippen LogP contribution in [0.5, 0.6) is 11.5 Å². The molecule has 3 atom stereocenters. The molecule has 9 heteroatoms. The minimum absolute atomic E-state index is 0.108. The third-order valence-electron chi connectivity index (χ3n) is 8.63. The van der Waals surface area contributed by atoms with Crippen LogP contribution < -0.4 is 14.8 Å². The lowest BCUT2D eigenvalue weighted by molar-refractivity contribution is -0.118. The van der Waals surface area contributed by atoms with Gasteiger partial charge in [0.1, 0.15) is 23.2 Å². The Labute approximate surface area is 274 Å². The van der Waals surface area contributed by atoms with E-state index in [0.29, 0.717) is 11.9 Å². The highest BCUT2D eigenvalue weighted by molar-refractivity contribution is 5.91. The number of hydrogen-bond acceptors (Lipinski definition) is 8. The van der Waals surface area contributed by atoms with Crippen molar-refractivity contribution in [3.8, 4) is 11.5 Å². The number of ether oxygens (including phenoxy) is 4. The zero-order valence-corrected chi connectivity index (χ0v) is 26.9. The topological polar surface area (TPSA) is 112 Å². The molecule has 1 fully saturated rings. The standard InChI is InChI=1S/C38H39N3O6/c1-24(2)36(43)41-37-39-22-31-30(11-8-12-32(31)40-37)34-21-33(42)35(47-34)23-46-38(25-9-6-5-7-10-25,26-13-17-28(44-3)18-14-26)27-15-19-29(45-4)20-16-27/h5-20,22,24,33-35,42H,21,23H2,1-4H3,(H,39,40,41,43)/t33-,34-,35-/m1/s1. The molecule has 1 amide bonds. The van der Waals surface area contributed by atoms with Crippen LogP contribution in [0.25, 0.3) is 10.9 Å². The molecular formula is C38H39N3O6. The van der Waals surface area contributed by atoms with Crippen molar-refractivity contribution >= 4 is 22.8 Å². The number of methoxy groups -OCH3 is 2. The molecule has 0 radical (unpaired) electrons. The van der Waals surface area contributed by atoms with Gasteiger partial charge < -0.3 is 24.1 Å². The number of nitrogens with one attached hydrogen (secondary N) is 1. The van der Waals surface area contributed by atoms with Gasteiger partial charge in [-0.2, -0.15) is 0 Å². The molecule has 0 unspecified atom stereocenters. The van der Waals surface area contributed by atoms with E-state index in [0.717, 1.165) is 39.1 Å². The summed E-state index contributed by atoms with van der Waals surface area (Å²) < 4.78 is 24.4. The van der Waals surface area contributed by atoms with Crippen LogP contribution in [-0.2, 0) is 19.9 Å². The minimum atomic E-state index is -1.04. The summed E-state index contributed by atoms with van der Waals surface area (Å²) in [7, 11) is 3.28. The first-order chi connectivity index (χ1) is 22.8. The van der Waals surface area contributed by atoms with Gasteiger partial charge in [0, 0.05) is 23.9 Å². The highest BCUT2D eigenvalue weighted by Crippen LogP contribution is 2.43. The van der Waals surface area contributed by atoms with Crippen LogP contribution in [0, 0.1) is 5.92 Å². The van der Waals surface area contributed by atoms with Crippen molar-refractivity contribution in [2.24, 2.45) is 5.92 Å². The third-order valence-corrected chi connectivity index (χ3v) is 8.63. The molecule has 5 aromatic rings. The van der Waals surface area contributed by atoms with E-state index in [-0.39, 0.29) is 24.4 Å². The van der Waals surface area contributed by atoms with Crippen LogP contribution in [-0.4, -0.2) is 54.0 Å². The number of aliphatic hydroxyl groups excluding tert-OH is 1. The van der Waals surface area contributed by atoms with Gasteiger partial charge in [0.25, 0.3) is 0 Å². The second-order valence-electron chi connectivity index (χ2n) is 11.9. The number of amides is 1. The summed E-state index contributed by atoms with van der Waals surface area (Å²) in [4.78, 5) is 21.1. The fraction of sp³-hybridized carbons (Fsp3) is 0.289. The highest BCUT2D eigenvalue weighted by atomic mass is 16.6. The Bertz CT molecular complexity index is 1760. The van der Waals surface area contributed by atoms with Gasteiger partial charge in [-0.1, -0.05) is 80.6 Å². The number of carbonyl (C=O) groups excluding carboxylic acids is 1. The average molecular weight is 634 g/mol. The average Bonchev–Trinajstić information content (AvgIpc) is 3.48. The Morgan fingerprint density at radius 2 is 1.51 bits per heavy atom. The van der Waals surface area contributed by atoms with Gasteiger partial charge in [0.15, 0.2) is 0 Å². The molecule has 0 saturated carbocycles. The molecule has 1 aromatic heterocycles. The molecule has 1 aliphatic rings. The number of benzene rings is 4. The smallest absolute Gasteiger partial charge is 0.229 e. The number of hydrogen-bond donors (Lipinski definition) is 2. The minimum Gasteiger partial charge on any atom is -0.497 e. The number of carbonyl (C=O) groups is 1. The van der Waals surface area contributed by atoms with Crippen molar-refractivity contribution in [2.75, 3.05) is 26.1 Å². The van der Waals surface area contributed by atoms with Crippen LogP contribution in [0.15, 0.2) is 103 Å². The Hall–Kier alpha value is -4.83. The molecule has 6 rings (SSSR count). The van der Waals surface area contributed by atoms with E-state index in [1.807, 2.05) is 111 Å². The monoisotopic (exact) mass is 633 g/mol. The summed E-state index contributed by atoms with van der Waals surface area (Å²) in [5, 5.41) is 14.9. The molecule has 9 nitrogen and oxygen atoms in total. The molecule has 0 bridgehead atoms. The van der Waals surface area contributed by atoms with E-state index in [1.54, 1.807) is 20.4 Å². The molecule has 1 saturated heterocycles. The summed E-state index contributed by atoms with van der Waals surface area (Å²) in [6.07, 6.45) is 0.278. The van der Waals surface area contributed by atoms with Crippen LogP contribution in [0.2, 0.25) is 0 Å². The first-order valence-electron chi connectivity index (χ1n) is 15.7. The lowest BCUT2D eigenvalue weighted by Crippen LogP contribution is -2.38. The summed E-state index contributed by atoms with van der Waals surface area (Å²) in [6, 6.07) is 31.4. The van der Waals surface area contributed by atoms with E-state index in [9.17, 15) is 9.90 Å². The Balaban J connectivity index is 1.32. The first kappa shape index (κ1) is 32.1. The highest BCUT2D eigenvalue weighted by Gasteiger charge is 2.42. The number of fused-ring (bicyclic) bond motifs is 1. The van der Waals surface area contributed by atoms with Crippen LogP contribution in [0.3, 0.4) is 0 Å². The van der Waals surface area contributed by atoms with Gasteiger partial charge in [-0.25, -0.2) is 9.97 Å². The van der Waals surface area contributed by atoms with Crippen molar-refractivity contribution in [2.45, 2.75) is 44.2 Å². The Kier molecular flexibility index (Phi) is 9.49. The quantitative estimate of drug-likeness (QED) is 0.160.